The molecule has 0 unspecified atom stereocenters. The molecule has 1 saturated heterocycles. The van der Waals surface area contributed by atoms with Crippen molar-refractivity contribution in [3.8, 4) is 0 Å². The largest absolute Gasteiger partial charge is 0.368 e. The molecule has 4 heteroatoms. The van der Waals surface area contributed by atoms with E-state index in [1.807, 2.05) is 25.8 Å². The minimum absolute atomic E-state index is 0.184. The maximum absolute atomic E-state index is 12.4. The van der Waals surface area contributed by atoms with Crippen LogP contribution in [0.1, 0.15) is 19.4 Å². The van der Waals surface area contributed by atoms with Crippen LogP contribution in [0, 0.1) is 6.92 Å². The first kappa shape index (κ1) is 14.9. The van der Waals surface area contributed by atoms with Gasteiger partial charge < -0.3 is 15.1 Å². The summed E-state index contributed by atoms with van der Waals surface area (Å²) in [6, 6.07) is 8.54. The van der Waals surface area contributed by atoms with E-state index < -0.39 is 5.54 Å². The first-order chi connectivity index (χ1) is 9.44. The fraction of sp³-hybridized carbons (Fsp3) is 0.562. The van der Waals surface area contributed by atoms with Crippen LogP contribution >= 0.6 is 0 Å². The van der Waals surface area contributed by atoms with Gasteiger partial charge in [-0.3, -0.25) is 4.79 Å². The molecule has 2 rings (SSSR count). The molecule has 0 aliphatic carbocycles. The molecule has 0 bridgehead atoms. The molecule has 1 aromatic carbocycles. The van der Waals surface area contributed by atoms with Crippen LogP contribution in [0.3, 0.4) is 0 Å². The molecule has 20 heavy (non-hydrogen) atoms. The topological polar surface area (TPSA) is 35.6 Å². The Hall–Kier alpha value is -1.55. The number of amides is 1. The standard InChI is InChI=1S/C16H25N3O/c1-13-6-5-7-14(12-13)18-8-10-19(11-9-18)15(20)16(2,3)17-4/h5-7,12,17H,8-11H2,1-4H3. The molecule has 1 fully saturated rings. The number of anilines is 1. The highest BCUT2D eigenvalue weighted by Crippen LogP contribution is 2.19. The van der Waals surface area contributed by atoms with Crippen molar-refractivity contribution in [3.05, 3.63) is 29.8 Å². The Morgan fingerprint density at radius 2 is 1.85 bits per heavy atom. The second-order valence-corrected chi connectivity index (χ2v) is 5.99. The van der Waals surface area contributed by atoms with Gasteiger partial charge >= 0.3 is 0 Å². The molecule has 0 spiro atoms. The van der Waals surface area contributed by atoms with Crippen molar-refractivity contribution in [3.63, 3.8) is 0 Å². The smallest absolute Gasteiger partial charge is 0.242 e. The molecule has 1 amide bonds. The van der Waals surface area contributed by atoms with E-state index in [1.165, 1.54) is 11.3 Å². The zero-order chi connectivity index (χ0) is 14.8. The number of carbonyl (C=O) groups excluding carboxylic acids is 1. The summed E-state index contributed by atoms with van der Waals surface area (Å²) in [6.45, 7) is 9.35. The van der Waals surface area contributed by atoms with Crippen molar-refractivity contribution in [1.82, 2.24) is 10.2 Å². The van der Waals surface area contributed by atoms with Crippen LogP contribution in [0.25, 0.3) is 0 Å². The van der Waals surface area contributed by atoms with Crippen molar-refractivity contribution in [2.24, 2.45) is 0 Å². The number of rotatable bonds is 3. The Kier molecular flexibility index (Phi) is 4.33. The van der Waals surface area contributed by atoms with Gasteiger partial charge in [0.2, 0.25) is 5.91 Å². The number of benzene rings is 1. The summed E-state index contributed by atoms with van der Waals surface area (Å²) in [4.78, 5) is 16.7. The molecule has 0 atom stereocenters. The van der Waals surface area contributed by atoms with Gasteiger partial charge in [0.1, 0.15) is 0 Å². The van der Waals surface area contributed by atoms with Crippen LogP contribution in [0.5, 0.6) is 0 Å². The third kappa shape index (κ3) is 3.12. The van der Waals surface area contributed by atoms with E-state index in [-0.39, 0.29) is 5.91 Å². The van der Waals surface area contributed by atoms with Crippen molar-refractivity contribution >= 4 is 11.6 Å². The van der Waals surface area contributed by atoms with Gasteiger partial charge in [0.25, 0.3) is 0 Å². The van der Waals surface area contributed by atoms with Crippen molar-refractivity contribution < 1.29 is 4.79 Å². The number of piperazine rings is 1. The molecule has 0 saturated carbocycles. The molecular formula is C16H25N3O. The number of nitrogens with one attached hydrogen (secondary N) is 1. The molecule has 110 valence electrons. The predicted octanol–water partition coefficient (Wildman–Crippen LogP) is 1.64. The molecule has 1 aliphatic heterocycles. The fourth-order valence-electron chi connectivity index (χ4n) is 2.49. The van der Waals surface area contributed by atoms with Crippen LogP contribution in [-0.4, -0.2) is 49.6 Å². The summed E-state index contributed by atoms with van der Waals surface area (Å²) in [5.74, 6) is 0.184. The zero-order valence-corrected chi connectivity index (χ0v) is 12.9. The second kappa shape index (κ2) is 5.83. The average Bonchev–Trinajstić information content (AvgIpc) is 2.46. The molecule has 1 heterocycles. The lowest BCUT2D eigenvalue weighted by Crippen LogP contribution is -2.58. The lowest BCUT2D eigenvalue weighted by molar-refractivity contribution is -0.137. The van der Waals surface area contributed by atoms with Crippen LogP contribution in [0.15, 0.2) is 24.3 Å². The molecular weight excluding hydrogens is 250 g/mol. The number of hydrogen-bond acceptors (Lipinski definition) is 3. The number of aryl methyl sites for hydroxylation is 1. The van der Waals surface area contributed by atoms with E-state index in [0.29, 0.717) is 0 Å². The average molecular weight is 275 g/mol. The first-order valence-electron chi connectivity index (χ1n) is 7.24. The van der Waals surface area contributed by atoms with E-state index in [4.69, 9.17) is 0 Å². The van der Waals surface area contributed by atoms with Gasteiger partial charge in [0.15, 0.2) is 0 Å². The molecule has 4 nitrogen and oxygen atoms in total. The molecule has 0 aromatic heterocycles. The van der Waals surface area contributed by atoms with Crippen LogP contribution < -0.4 is 10.2 Å². The third-order valence-corrected chi connectivity index (χ3v) is 4.09. The molecule has 1 N–H and O–H groups in total. The second-order valence-electron chi connectivity index (χ2n) is 5.99. The van der Waals surface area contributed by atoms with Gasteiger partial charge in [0, 0.05) is 31.9 Å². The summed E-state index contributed by atoms with van der Waals surface area (Å²) in [7, 11) is 1.83. The van der Waals surface area contributed by atoms with Gasteiger partial charge in [-0.05, 0) is 45.5 Å². The lowest BCUT2D eigenvalue weighted by atomic mass is 10.0. The van der Waals surface area contributed by atoms with Gasteiger partial charge in [0.05, 0.1) is 5.54 Å². The number of nitrogens with zero attached hydrogens (tertiary/aromatic N) is 2. The van der Waals surface area contributed by atoms with Crippen molar-refractivity contribution in [2.45, 2.75) is 26.3 Å². The van der Waals surface area contributed by atoms with Gasteiger partial charge in [-0.25, -0.2) is 0 Å². The van der Waals surface area contributed by atoms with Gasteiger partial charge in [-0.1, -0.05) is 12.1 Å². The van der Waals surface area contributed by atoms with Crippen LogP contribution in [0.2, 0.25) is 0 Å². The van der Waals surface area contributed by atoms with Crippen molar-refractivity contribution in [1.29, 1.82) is 0 Å². The lowest BCUT2D eigenvalue weighted by Gasteiger charge is -2.39. The summed E-state index contributed by atoms with van der Waals surface area (Å²) in [6.07, 6.45) is 0. The van der Waals surface area contributed by atoms with E-state index >= 15 is 0 Å². The highest BCUT2D eigenvalue weighted by atomic mass is 16.2. The van der Waals surface area contributed by atoms with Crippen LogP contribution in [0.4, 0.5) is 5.69 Å². The maximum atomic E-state index is 12.4. The molecule has 1 aliphatic rings. The first-order valence-corrected chi connectivity index (χ1v) is 7.24. The predicted molar refractivity (Wildman–Crippen MR) is 83.1 cm³/mol. The Balaban J connectivity index is 1.98. The Bertz CT molecular complexity index is 476. The van der Waals surface area contributed by atoms with E-state index in [2.05, 4.69) is 41.4 Å². The Morgan fingerprint density at radius 3 is 2.40 bits per heavy atom. The summed E-state index contributed by atoms with van der Waals surface area (Å²) >= 11 is 0. The SMILES string of the molecule is CNC(C)(C)C(=O)N1CCN(c2cccc(C)c2)CC1. The third-order valence-electron chi connectivity index (χ3n) is 4.09. The Morgan fingerprint density at radius 1 is 1.20 bits per heavy atom. The fourth-order valence-corrected chi connectivity index (χ4v) is 2.49. The number of hydrogen-bond donors (Lipinski definition) is 1. The zero-order valence-electron chi connectivity index (χ0n) is 12.9. The van der Waals surface area contributed by atoms with Crippen molar-refractivity contribution in [2.75, 3.05) is 38.1 Å². The normalized spacial score (nSPS) is 16.4. The number of likely N-dealkylation sites (N-methyl/N-ethyl adjacent to an activating group) is 1. The maximum Gasteiger partial charge on any atom is 0.242 e. The van der Waals surface area contributed by atoms with Crippen LogP contribution in [-0.2, 0) is 4.79 Å². The van der Waals surface area contributed by atoms with E-state index in [9.17, 15) is 4.79 Å². The summed E-state index contributed by atoms with van der Waals surface area (Å²) < 4.78 is 0. The quantitative estimate of drug-likeness (QED) is 0.911. The highest BCUT2D eigenvalue weighted by Gasteiger charge is 2.32. The number of carbonyl (C=O) groups is 1. The highest BCUT2D eigenvalue weighted by molar-refractivity contribution is 5.85. The van der Waals surface area contributed by atoms with E-state index in [0.717, 1.165) is 26.2 Å². The Labute approximate surface area is 121 Å². The van der Waals surface area contributed by atoms with E-state index in [1.54, 1.807) is 0 Å². The van der Waals surface area contributed by atoms with Gasteiger partial charge in [-0.2, -0.15) is 0 Å². The summed E-state index contributed by atoms with van der Waals surface area (Å²) in [5.41, 5.74) is 2.05. The van der Waals surface area contributed by atoms with Gasteiger partial charge in [-0.15, -0.1) is 0 Å². The summed E-state index contributed by atoms with van der Waals surface area (Å²) in [5, 5.41) is 3.08. The molecule has 1 aromatic rings. The minimum Gasteiger partial charge on any atom is -0.368 e. The minimum atomic E-state index is -0.481. The monoisotopic (exact) mass is 275 g/mol. The molecule has 0 radical (unpaired) electrons.